The van der Waals surface area contributed by atoms with Crippen molar-refractivity contribution in [1.29, 1.82) is 0 Å². The van der Waals surface area contributed by atoms with Crippen LogP contribution in [-0.2, 0) is 17.6 Å². The molecule has 0 heterocycles. The maximum atomic E-state index is 12.5. The zero-order valence-corrected chi connectivity index (χ0v) is 13.6. The molecule has 24 heavy (non-hydrogen) atoms. The Labute approximate surface area is 141 Å². The van der Waals surface area contributed by atoms with Crippen molar-refractivity contribution in [3.8, 4) is 11.1 Å². The zero-order valence-electron chi connectivity index (χ0n) is 13.6. The number of hydrogen-bond acceptors (Lipinski definition) is 2. The molecule has 1 aliphatic carbocycles. The smallest absolute Gasteiger partial charge is 0.338 e. The summed E-state index contributed by atoms with van der Waals surface area (Å²) in [5.74, 6) is -0.245. The van der Waals surface area contributed by atoms with Crippen molar-refractivity contribution in [1.82, 2.24) is 0 Å². The van der Waals surface area contributed by atoms with E-state index in [2.05, 4.69) is 36.4 Å². The topological polar surface area (TPSA) is 26.3 Å². The van der Waals surface area contributed by atoms with Gasteiger partial charge in [-0.05, 0) is 46.2 Å². The number of carbonyl (C=O) groups excluding carboxylic acids is 1. The van der Waals surface area contributed by atoms with E-state index < -0.39 is 0 Å². The van der Waals surface area contributed by atoms with E-state index in [1.807, 2.05) is 30.3 Å². The van der Waals surface area contributed by atoms with Gasteiger partial charge in [0.2, 0.25) is 0 Å². The summed E-state index contributed by atoms with van der Waals surface area (Å²) >= 11 is 0. The molecule has 0 aliphatic heterocycles. The van der Waals surface area contributed by atoms with Crippen molar-refractivity contribution in [2.24, 2.45) is 0 Å². The van der Waals surface area contributed by atoms with Crippen LogP contribution in [0.25, 0.3) is 11.1 Å². The molecule has 0 bridgehead atoms. The summed E-state index contributed by atoms with van der Waals surface area (Å²) in [7, 11) is 1.45. The monoisotopic (exact) mass is 314 g/mol. The van der Waals surface area contributed by atoms with Crippen LogP contribution in [0.1, 0.15) is 32.6 Å². The molecular formula is C22H18O2. The van der Waals surface area contributed by atoms with E-state index in [0.717, 1.165) is 35.1 Å². The Hall–Kier alpha value is -2.87. The van der Waals surface area contributed by atoms with E-state index in [1.54, 1.807) is 0 Å². The predicted molar refractivity (Wildman–Crippen MR) is 95.3 cm³/mol. The third-order valence-electron chi connectivity index (χ3n) is 4.70. The van der Waals surface area contributed by atoms with Gasteiger partial charge in [0.25, 0.3) is 0 Å². The van der Waals surface area contributed by atoms with E-state index in [1.165, 1.54) is 23.8 Å². The van der Waals surface area contributed by atoms with Gasteiger partial charge in [0, 0.05) is 0 Å². The first kappa shape index (κ1) is 14.7. The highest BCUT2D eigenvalue weighted by atomic mass is 16.5. The van der Waals surface area contributed by atoms with Crippen LogP contribution >= 0.6 is 0 Å². The number of methoxy groups -OCH3 is 1. The van der Waals surface area contributed by atoms with Gasteiger partial charge in [0.1, 0.15) is 0 Å². The van der Waals surface area contributed by atoms with E-state index in [-0.39, 0.29) is 5.97 Å². The van der Waals surface area contributed by atoms with Gasteiger partial charge in [-0.15, -0.1) is 0 Å². The van der Waals surface area contributed by atoms with Crippen molar-refractivity contribution >= 4 is 5.97 Å². The minimum absolute atomic E-state index is 0.245. The zero-order chi connectivity index (χ0) is 16.5. The second-order valence-electron chi connectivity index (χ2n) is 6.11. The first-order chi connectivity index (χ1) is 11.8. The second kappa shape index (κ2) is 5.97. The maximum Gasteiger partial charge on any atom is 0.338 e. The van der Waals surface area contributed by atoms with Gasteiger partial charge in [-0.25, -0.2) is 4.79 Å². The number of esters is 1. The van der Waals surface area contributed by atoms with Crippen LogP contribution in [0.15, 0.2) is 66.7 Å². The molecule has 3 aromatic carbocycles. The Morgan fingerprint density at radius 3 is 2.46 bits per heavy atom. The molecule has 0 saturated heterocycles. The van der Waals surface area contributed by atoms with Crippen LogP contribution in [0.3, 0.4) is 0 Å². The van der Waals surface area contributed by atoms with Crippen molar-refractivity contribution in [3.05, 3.63) is 94.5 Å². The molecule has 0 fully saturated rings. The fourth-order valence-corrected chi connectivity index (χ4v) is 3.58. The molecule has 118 valence electrons. The van der Waals surface area contributed by atoms with Crippen molar-refractivity contribution < 1.29 is 9.53 Å². The number of carbonyl (C=O) groups is 1. The normalized spacial score (nSPS) is 11.7. The molecule has 0 N–H and O–H groups in total. The number of benzene rings is 3. The SMILES string of the molecule is COC(=O)c1c(Cc2ccccc2)ccc2c1Cc1ccccc1-2. The molecule has 1 aliphatic rings. The molecule has 2 heteroatoms. The van der Waals surface area contributed by atoms with Crippen molar-refractivity contribution in [3.63, 3.8) is 0 Å². The Morgan fingerprint density at radius 1 is 0.917 bits per heavy atom. The lowest BCUT2D eigenvalue weighted by atomic mass is 9.92. The summed E-state index contributed by atoms with van der Waals surface area (Å²) in [6, 6.07) is 22.8. The average molecular weight is 314 g/mol. The lowest BCUT2D eigenvalue weighted by Crippen LogP contribution is -2.10. The van der Waals surface area contributed by atoms with Crippen LogP contribution in [-0.4, -0.2) is 13.1 Å². The fourth-order valence-electron chi connectivity index (χ4n) is 3.58. The van der Waals surface area contributed by atoms with Crippen LogP contribution < -0.4 is 0 Å². The minimum atomic E-state index is -0.245. The summed E-state index contributed by atoms with van der Waals surface area (Å²) in [6.07, 6.45) is 1.52. The van der Waals surface area contributed by atoms with Gasteiger partial charge in [-0.3, -0.25) is 0 Å². The number of fused-ring (bicyclic) bond motifs is 3. The molecule has 0 amide bonds. The van der Waals surface area contributed by atoms with E-state index in [0.29, 0.717) is 0 Å². The number of ether oxygens (including phenoxy) is 1. The molecule has 4 rings (SSSR count). The summed E-state index contributed by atoms with van der Waals surface area (Å²) in [6.45, 7) is 0. The fraction of sp³-hybridized carbons (Fsp3) is 0.136. The van der Waals surface area contributed by atoms with Crippen LogP contribution in [0.5, 0.6) is 0 Å². The van der Waals surface area contributed by atoms with E-state index in [9.17, 15) is 4.79 Å². The van der Waals surface area contributed by atoms with Crippen molar-refractivity contribution in [2.75, 3.05) is 7.11 Å². The quantitative estimate of drug-likeness (QED) is 0.515. The third kappa shape index (κ3) is 2.41. The average Bonchev–Trinajstić information content (AvgIpc) is 3.00. The Balaban J connectivity index is 1.85. The first-order valence-electron chi connectivity index (χ1n) is 8.13. The molecule has 0 atom stereocenters. The summed E-state index contributed by atoms with van der Waals surface area (Å²) in [5.41, 5.74) is 7.70. The largest absolute Gasteiger partial charge is 0.465 e. The summed E-state index contributed by atoms with van der Waals surface area (Å²) in [4.78, 5) is 12.5. The molecular weight excluding hydrogens is 296 g/mol. The standard InChI is InChI=1S/C22H18O2/c1-24-22(23)21-17(13-15-7-3-2-4-8-15)11-12-19-18-10-6-5-9-16(18)14-20(19)21/h2-12H,13-14H2,1H3. The van der Waals surface area contributed by atoms with Gasteiger partial charge in [-0.2, -0.15) is 0 Å². The maximum absolute atomic E-state index is 12.5. The molecule has 0 unspecified atom stereocenters. The van der Waals surface area contributed by atoms with Crippen LogP contribution in [0.2, 0.25) is 0 Å². The lowest BCUT2D eigenvalue weighted by Gasteiger charge is -2.13. The van der Waals surface area contributed by atoms with E-state index in [4.69, 9.17) is 4.74 Å². The lowest BCUT2D eigenvalue weighted by molar-refractivity contribution is 0.0598. The number of hydrogen-bond donors (Lipinski definition) is 0. The van der Waals surface area contributed by atoms with Gasteiger partial charge >= 0.3 is 5.97 Å². The van der Waals surface area contributed by atoms with Gasteiger partial charge in [-0.1, -0.05) is 66.7 Å². The highest BCUT2D eigenvalue weighted by Gasteiger charge is 2.26. The number of rotatable bonds is 3. The van der Waals surface area contributed by atoms with Crippen LogP contribution in [0.4, 0.5) is 0 Å². The molecule has 3 aromatic rings. The Kier molecular flexibility index (Phi) is 3.66. The summed E-state index contributed by atoms with van der Waals surface area (Å²) in [5, 5.41) is 0. The van der Waals surface area contributed by atoms with Gasteiger partial charge in [0.15, 0.2) is 0 Å². The molecule has 0 radical (unpaired) electrons. The van der Waals surface area contributed by atoms with Gasteiger partial charge < -0.3 is 4.74 Å². The van der Waals surface area contributed by atoms with Gasteiger partial charge in [0.05, 0.1) is 12.7 Å². The highest BCUT2D eigenvalue weighted by Crippen LogP contribution is 2.39. The summed E-state index contributed by atoms with van der Waals surface area (Å²) < 4.78 is 5.10. The van der Waals surface area contributed by atoms with Crippen LogP contribution in [0, 0.1) is 0 Å². The molecule has 2 nitrogen and oxygen atoms in total. The minimum Gasteiger partial charge on any atom is -0.465 e. The molecule has 0 saturated carbocycles. The van der Waals surface area contributed by atoms with E-state index >= 15 is 0 Å². The Morgan fingerprint density at radius 2 is 1.67 bits per heavy atom. The Bertz CT molecular complexity index is 911. The highest BCUT2D eigenvalue weighted by molar-refractivity contribution is 5.97. The van der Waals surface area contributed by atoms with Crippen molar-refractivity contribution in [2.45, 2.75) is 12.8 Å². The third-order valence-corrected chi connectivity index (χ3v) is 4.70. The second-order valence-corrected chi connectivity index (χ2v) is 6.11. The molecule has 0 aromatic heterocycles. The molecule has 0 spiro atoms. The predicted octanol–water partition coefficient (Wildman–Crippen LogP) is 4.64. The first-order valence-corrected chi connectivity index (χ1v) is 8.13.